The van der Waals surface area contributed by atoms with E-state index < -0.39 is 17.7 Å². The number of carbonyl (C=O) groups is 2. The van der Waals surface area contributed by atoms with E-state index in [1.165, 1.54) is 0 Å². The van der Waals surface area contributed by atoms with Crippen molar-refractivity contribution in [2.75, 3.05) is 46.0 Å². The normalized spacial score (nSPS) is 19.9. The molecule has 7 heteroatoms. The summed E-state index contributed by atoms with van der Waals surface area (Å²) in [6.07, 6.45) is 2.38. The Labute approximate surface area is 231 Å². The quantitative estimate of drug-likeness (QED) is 0.212. The van der Waals surface area contributed by atoms with Crippen molar-refractivity contribution < 1.29 is 24.2 Å². The zero-order valence-electron chi connectivity index (χ0n) is 23.5. The minimum absolute atomic E-state index is 0.0367. The highest BCUT2D eigenvalue weighted by molar-refractivity contribution is 6.46. The van der Waals surface area contributed by atoms with E-state index in [-0.39, 0.29) is 16.7 Å². The van der Waals surface area contributed by atoms with Gasteiger partial charge in [0, 0.05) is 31.7 Å². The molecule has 2 aromatic carbocycles. The van der Waals surface area contributed by atoms with Gasteiger partial charge in [-0.25, -0.2) is 0 Å². The molecular weight excluding hydrogens is 492 g/mol. The number of rotatable bonds is 9. The number of hydrogen-bond acceptors (Lipinski definition) is 6. The van der Waals surface area contributed by atoms with Crippen molar-refractivity contribution in [3.63, 3.8) is 0 Å². The van der Waals surface area contributed by atoms with Crippen LogP contribution in [0.15, 0.2) is 60.7 Å². The highest BCUT2D eigenvalue weighted by atomic mass is 16.5. The number of amides is 1. The molecule has 1 N–H and O–H groups in total. The molecule has 0 radical (unpaired) electrons. The van der Waals surface area contributed by atoms with Crippen molar-refractivity contribution in [2.45, 2.75) is 45.6 Å². The van der Waals surface area contributed by atoms with E-state index in [1.54, 1.807) is 23.1 Å². The molecular formula is C32H40N2O5. The van der Waals surface area contributed by atoms with Gasteiger partial charge >= 0.3 is 0 Å². The number of likely N-dealkylation sites (tertiary alicyclic amines) is 1. The highest BCUT2D eigenvalue weighted by Crippen LogP contribution is 2.40. The lowest BCUT2D eigenvalue weighted by molar-refractivity contribution is -0.140. The number of Topliss-reactive ketones (excluding diaryl/α,β-unsaturated/α-hetero) is 1. The van der Waals surface area contributed by atoms with Crippen molar-refractivity contribution in [3.8, 4) is 5.75 Å². The molecule has 2 aromatic rings. The fraction of sp³-hybridized carbons (Fsp3) is 0.438. The predicted molar refractivity (Wildman–Crippen MR) is 153 cm³/mol. The Bertz CT molecular complexity index is 1240. The molecule has 0 saturated carbocycles. The Hall–Kier alpha value is -3.42. The van der Waals surface area contributed by atoms with Crippen LogP contribution in [0.4, 0.5) is 0 Å². The Morgan fingerprint density at radius 1 is 1.10 bits per heavy atom. The zero-order chi connectivity index (χ0) is 28.2. The number of aliphatic hydroxyl groups excluding tert-OH is 1. The van der Waals surface area contributed by atoms with Gasteiger partial charge < -0.3 is 19.5 Å². The van der Waals surface area contributed by atoms with Crippen molar-refractivity contribution in [1.29, 1.82) is 0 Å². The summed E-state index contributed by atoms with van der Waals surface area (Å²) in [6, 6.07) is 12.6. The molecule has 1 atom stereocenters. The summed E-state index contributed by atoms with van der Waals surface area (Å²) < 4.78 is 11.1. The molecule has 1 unspecified atom stereocenters. The van der Waals surface area contributed by atoms with Gasteiger partial charge in [0.2, 0.25) is 0 Å². The fourth-order valence-electron chi connectivity index (χ4n) is 5.20. The minimum atomic E-state index is -0.667. The predicted octanol–water partition coefficient (Wildman–Crippen LogP) is 5.00. The van der Waals surface area contributed by atoms with Gasteiger partial charge in [0.1, 0.15) is 18.1 Å². The van der Waals surface area contributed by atoms with Gasteiger partial charge in [-0.3, -0.25) is 14.5 Å². The van der Waals surface area contributed by atoms with E-state index in [0.717, 1.165) is 42.7 Å². The molecule has 39 heavy (non-hydrogen) atoms. The molecule has 4 rings (SSSR count). The van der Waals surface area contributed by atoms with Gasteiger partial charge in [-0.1, -0.05) is 57.7 Å². The first-order chi connectivity index (χ1) is 18.6. The maximum Gasteiger partial charge on any atom is 0.295 e. The van der Waals surface area contributed by atoms with Crippen LogP contribution in [0, 0.1) is 6.92 Å². The number of aryl methyl sites for hydroxylation is 1. The highest BCUT2D eigenvalue weighted by Gasteiger charge is 2.46. The standard InChI is InChI=1S/C32H40N2O5/c1-6-18-39-25-12-13-26(22(2)21-25)29(35)27-28(23-8-10-24(11-9-23)32(3,4)5)34(31(37)30(27)36)15-7-14-33-16-19-38-20-17-33/h6,8-13,21,28,35H,1,7,14-20H2,2-5H3. The second kappa shape index (κ2) is 12.2. The average molecular weight is 533 g/mol. The minimum Gasteiger partial charge on any atom is -0.507 e. The Morgan fingerprint density at radius 3 is 2.41 bits per heavy atom. The Morgan fingerprint density at radius 2 is 1.79 bits per heavy atom. The summed E-state index contributed by atoms with van der Waals surface area (Å²) >= 11 is 0. The average Bonchev–Trinajstić information content (AvgIpc) is 3.17. The third-order valence-corrected chi connectivity index (χ3v) is 7.43. The summed E-state index contributed by atoms with van der Waals surface area (Å²) in [6.45, 7) is 16.7. The van der Waals surface area contributed by atoms with E-state index >= 15 is 0 Å². The zero-order valence-corrected chi connectivity index (χ0v) is 23.5. The first-order valence-electron chi connectivity index (χ1n) is 13.7. The smallest absolute Gasteiger partial charge is 0.295 e. The molecule has 7 nitrogen and oxygen atoms in total. The van der Waals surface area contributed by atoms with Crippen LogP contribution in [0.5, 0.6) is 5.75 Å². The molecule has 1 amide bonds. The van der Waals surface area contributed by atoms with Crippen LogP contribution in [-0.4, -0.2) is 72.6 Å². The topological polar surface area (TPSA) is 79.3 Å². The number of morpholine rings is 1. The molecule has 0 spiro atoms. The van der Waals surface area contributed by atoms with Gasteiger partial charge in [-0.05, 0) is 53.6 Å². The molecule has 2 aliphatic heterocycles. The van der Waals surface area contributed by atoms with Gasteiger partial charge in [0.15, 0.2) is 0 Å². The summed E-state index contributed by atoms with van der Waals surface area (Å²) in [5.74, 6) is -0.759. The third-order valence-electron chi connectivity index (χ3n) is 7.43. The fourth-order valence-corrected chi connectivity index (χ4v) is 5.20. The summed E-state index contributed by atoms with van der Waals surface area (Å²) in [5, 5.41) is 11.5. The lowest BCUT2D eigenvalue weighted by atomic mass is 9.85. The van der Waals surface area contributed by atoms with E-state index in [1.807, 2.05) is 37.3 Å². The molecule has 208 valence electrons. The van der Waals surface area contributed by atoms with Crippen LogP contribution < -0.4 is 4.74 Å². The van der Waals surface area contributed by atoms with Crippen LogP contribution in [0.3, 0.4) is 0 Å². The maximum absolute atomic E-state index is 13.5. The number of hydrogen-bond donors (Lipinski definition) is 1. The van der Waals surface area contributed by atoms with Crippen molar-refractivity contribution in [2.24, 2.45) is 0 Å². The second-order valence-electron chi connectivity index (χ2n) is 11.2. The molecule has 2 fully saturated rings. The molecule has 0 aliphatic carbocycles. The van der Waals surface area contributed by atoms with E-state index in [2.05, 4.69) is 32.3 Å². The lowest BCUT2D eigenvalue weighted by Gasteiger charge is -2.29. The van der Waals surface area contributed by atoms with Crippen LogP contribution in [0.25, 0.3) is 5.76 Å². The number of benzene rings is 2. The number of ketones is 1. The van der Waals surface area contributed by atoms with Gasteiger partial charge in [-0.15, -0.1) is 0 Å². The number of ether oxygens (including phenoxy) is 2. The summed E-state index contributed by atoms with van der Waals surface area (Å²) in [7, 11) is 0. The van der Waals surface area contributed by atoms with Crippen molar-refractivity contribution in [1.82, 2.24) is 9.80 Å². The van der Waals surface area contributed by atoms with Crippen molar-refractivity contribution >= 4 is 17.4 Å². The molecule has 0 aromatic heterocycles. The van der Waals surface area contributed by atoms with Crippen LogP contribution in [-0.2, 0) is 19.7 Å². The molecule has 2 aliphatic rings. The second-order valence-corrected chi connectivity index (χ2v) is 11.2. The summed E-state index contributed by atoms with van der Waals surface area (Å²) in [5.41, 5.74) is 3.29. The monoisotopic (exact) mass is 532 g/mol. The van der Waals surface area contributed by atoms with E-state index in [0.29, 0.717) is 37.7 Å². The first kappa shape index (κ1) is 28.6. The SMILES string of the molecule is C=CCOc1ccc(C(O)=C2C(=O)C(=O)N(CCCN3CCOCC3)C2c2ccc(C(C)(C)C)cc2)c(C)c1. The molecule has 2 heterocycles. The molecule has 2 saturated heterocycles. The van der Waals surface area contributed by atoms with E-state index in [4.69, 9.17) is 9.47 Å². The lowest BCUT2D eigenvalue weighted by Crippen LogP contribution is -2.39. The molecule has 0 bridgehead atoms. The van der Waals surface area contributed by atoms with Crippen LogP contribution in [0.1, 0.15) is 55.5 Å². The van der Waals surface area contributed by atoms with Gasteiger partial charge in [0.25, 0.3) is 11.7 Å². The third kappa shape index (κ3) is 6.43. The Balaban J connectivity index is 1.70. The largest absolute Gasteiger partial charge is 0.507 e. The van der Waals surface area contributed by atoms with Crippen LogP contribution in [0.2, 0.25) is 0 Å². The van der Waals surface area contributed by atoms with Gasteiger partial charge in [-0.2, -0.15) is 0 Å². The van der Waals surface area contributed by atoms with Gasteiger partial charge in [0.05, 0.1) is 24.8 Å². The number of nitrogens with zero attached hydrogens (tertiary/aromatic N) is 2. The maximum atomic E-state index is 13.5. The number of aliphatic hydroxyl groups is 1. The summed E-state index contributed by atoms with van der Waals surface area (Å²) in [4.78, 5) is 30.8. The van der Waals surface area contributed by atoms with E-state index in [9.17, 15) is 14.7 Å². The van der Waals surface area contributed by atoms with Crippen LogP contribution >= 0.6 is 0 Å². The number of carbonyl (C=O) groups excluding carboxylic acids is 2. The first-order valence-corrected chi connectivity index (χ1v) is 13.7. The Kier molecular flexibility index (Phi) is 8.93. The van der Waals surface area contributed by atoms with Crippen molar-refractivity contribution in [3.05, 3.63) is 82.9 Å².